The number of aromatic nitrogens is 2. The Labute approximate surface area is 417 Å². The van der Waals surface area contributed by atoms with Crippen LogP contribution in [0.5, 0.6) is 6.01 Å². The predicted octanol–water partition coefficient (Wildman–Crippen LogP) is 8.12. The fourth-order valence-corrected chi connectivity index (χ4v) is 13.2. The fraction of sp³-hybridized carbons (Fsp3) is 0.880. The van der Waals surface area contributed by atoms with E-state index in [9.17, 15) is 0 Å². The Morgan fingerprint density at radius 1 is 0.768 bits per heavy atom. The number of likely N-dealkylation sites (N-methyl/N-ethyl adjacent to an activating group) is 1. The number of carbonyl (C=O) groups is 1. The van der Waals surface area contributed by atoms with Crippen LogP contribution in [0.4, 0.5) is 0 Å². The minimum atomic E-state index is -2.19. The SMILES string of the molecule is CCC1OC(=O)[C@H](C)C(O[C@H]2C[C@@](C)(OC)[C@@H](O[Si](C)(C)C)[C@H](C)O2)[C@H](C)[C@@H](O[C@@H]2O[C@H](C)C[C@H](N(C)C)[C@H]2O[Si](C)(C)C)[C@](C)(OC)C[C@@H](C)/C(=N\Oc2ncccn2)[C@H](C)[C@@H](OC)[C@]1(C)OC. The summed E-state index contributed by atoms with van der Waals surface area (Å²) in [5.74, 6) is -2.76. The van der Waals surface area contributed by atoms with Crippen LogP contribution in [0.3, 0.4) is 0 Å². The Kier molecular flexibility index (Phi) is 21.0. The third-order valence-electron chi connectivity index (χ3n) is 14.6. The summed E-state index contributed by atoms with van der Waals surface area (Å²) in [5, 5.41) is 4.81. The topological polar surface area (TPSA) is 169 Å². The smallest absolute Gasteiger partial charge is 0.345 e. The van der Waals surface area contributed by atoms with E-state index in [0.29, 0.717) is 25.0 Å². The van der Waals surface area contributed by atoms with E-state index in [1.54, 1.807) is 46.9 Å². The summed E-state index contributed by atoms with van der Waals surface area (Å²) in [4.78, 5) is 31.9. The lowest BCUT2D eigenvalue weighted by molar-refractivity contribution is -0.316. The predicted molar refractivity (Wildman–Crippen MR) is 270 cm³/mol. The molecular formula is C50H92N4O13Si2. The molecule has 69 heavy (non-hydrogen) atoms. The van der Waals surface area contributed by atoms with E-state index in [4.69, 9.17) is 61.5 Å². The van der Waals surface area contributed by atoms with E-state index in [0.717, 1.165) is 6.42 Å². The minimum Gasteiger partial charge on any atom is -0.459 e. The van der Waals surface area contributed by atoms with Crippen molar-refractivity contribution >= 4 is 28.3 Å². The van der Waals surface area contributed by atoms with Crippen LogP contribution in [-0.4, -0.2) is 170 Å². The molecule has 1 aromatic rings. The molecule has 0 radical (unpaired) electrons. The molecule has 1 aromatic heterocycles. The highest BCUT2D eigenvalue weighted by atomic mass is 28.4. The van der Waals surface area contributed by atoms with Crippen molar-refractivity contribution < 1.29 is 61.1 Å². The van der Waals surface area contributed by atoms with Crippen LogP contribution in [0.15, 0.2) is 23.6 Å². The number of hydrogen-bond donors (Lipinski definition) is 0. The molecule has 2 unspecified atom stereocenters. The Balaban J connectivity index is 2.01. The van der Waals surface area contributed by atoms with Gasteiger partial charge < -0.3 is 61.2 Å². The summed E-state index contributed by atoms with van der Waals surface area (Å²) in [6.45, 7) is 32.9. The lowest BCUT2D eigenvalue weighted by Crippen LogP contribution is -2.63. The molecule has 18 atom stereocenters. The Morgan fingerprint density at radius 3 is 1.88 bits per heavy atom. The number of methoxy groups -OCH3 is 4. The van der Waals surface area contributed by atoms with Crippen LogP contribution in [-0.2, 0) is 56.3 Å². The lowest BCUT2D eigenvalue weighted by Gasteiger charge is -2.52. The maximum Gasteiger partial charge on any atom is 0.345 e. The van der Waals surface area contributed by atoms with Gasteiger partial charge in [-0.25, -0.2) is 9.97 Å². The van der Waals surface area contributed by atoms with Crippen molar-refractivity contribution in [3.05, 3.63) is 18.5 Å². The van der Waals surface area contributed by atoms with Gasteiger partial charge in [0.25, 0.3) is 0 Å². The van der Waals surface area contributed by atoms with Crippen LogP contribution in [0, 0.1) is 23.7 Å². The summed E-state index contributed by atoms with van der Waals surface area (Å²) in [7, 11) is 6.51. The second kappa shape index (κ2) is 24.4. The molecule has 0 amide bonds. The van der Waals surface area contributed by atoms with E-state index < -0.39 is 106 Å². The van der Waals surface area contributed by atoms with E-state index in [1.807, 2.05) is 55.4 Å². The first-order chi connectivity index (χ1) is 32.0. The van der Waals surface area contributed by atoms with Crippen LogP contribution >= 0.6 is 0 Å². The quantitative estimate of drug-likeness (QED) is 0.0883. The molecule has 17 nitrogen and oxygen atoms in total. The number of ether oxygens (including phenoxy) is 9. The molecule has 0 bridgehead atoms. The Morgan fingerprint density at radius 2 is 1.36 bits per heavy atom. The molecule has 4 heterocycles. The van der Waals surface area contributed by atoms with Crippen molar-refractivity contribution in [1.82, 2.24) is 14.9 Å². The standard InChI is InChI=1S/C50H92N4O13Si2/c1-23-37-50(10,59-16)43(56-13)32(4)39(53-65-47-51-25-24-26-52-47)30(2)28-48(8,57-14)42(64-46-41(66-68(17,18)19)36(54(11)12)27-31(3)60-46)33(5)40(34(6)45(55)62-37)63-38-29-49(9,58-15)44(35(7)61-38)67-69(20,21)22/h24-26,30-38,40-44,46H,23,27-29H2,1-22H3/b53-39+/t30-,31-,32+,33+,34-,35+,36+,37?,38+,40?,41-,42-,43-,44+,46+,48-,49-,50-/m1/s1. The molecule has 0 saturated carbocycles. The van der Waals surface area contributed by atoms with Gasteiger partial charge in [0, 0.05) is 71.0 Å². The largest absolute Gasteiger partial charge is 0.459 e. The molecule has 3 fully saturated rings. The van der Waals surface area contributed by atoms with Gasteiger partial charge in [0.2, 0.25) is 0 Å². The Bertz CT molecular complexity index is 1790. The van der Waals surface area contributed by atoms with Gasteiger partial charge in [0.15, 0.2) is 29.2 Å². The normalized spacial score (nSPS) is 40.9. The second-order valence-corrected chi connectivity index (χ2v) is 31.6. The van der Waals surface area contributed by atoms with Crippen LogP contribution in [0.1, 0.15) is 94.9 Å². The Hall–Kier alpha value is -1.99. The van der Waals surface area contributed by atoms with E-state index >= 15 is 4.79 Å². The lowest BCUT2D eigenvalue weighted by atomic mass is 9.73. The van der Waals surface area contributed by atoms with E-state index in [-0.39, 0.29) is 30.2 Å². The summed E-state index contributed by atoms with van der Waals surface area (Å²) in [6.07, 6.45) is -1.13. The molecule has 4 rings (SSSR count). The van der Waals surface area contributed by atoms with Gasteiger partial charge >= 0.3 is 12.0 Å². The molecular weight excluding hydrogens is 921 g/mol. The van der Waals surface area contributed by atoms with Gasteiger partial charge in [-0.1, -0.05) is 32.9 Å². The minimum absolute atomic E-state index is 0.0212. The van der Waals surface area contributed by atoms with Gasteiger partial charge in [-0.05, 0) is 120 Å². The van der Waals surface area contributed by atoms with Crippen molar-refractivity contribution in [2.45, 2.75) is 218 Å². The number of esters is 1. The second-order valence-electron chi connectivity index (χ2n) is 22.7. The van der Waals surface area contributed by atoms with E-state index in [1.165, 1.54) is 0 Å². The fourth-order valence-electron chi connectivity index (χ4n) is 11.0. The molecule has 0 aliphatic carbocycles. The monoisotopic (exact) mass is 1010 g/mol. The third-order valence-corrected chi connectivity index (χ3v) is 16.6. The maximum absolute atomic E-state index is 15.1. The molecule has 0 spiro atoms. The van der Waals surface area contributed by atoms with Crippen molar-refractivity contribution in [2.75, 3.05) is 42.5 Å². The summed E-state index contributed by atoms with van der Waals surface area (Å²) in [5.41, 5.74) is -2.43. The van der Waals surface area contributed by atoms with Gasteiger partial charge in [0.1, 0.15) is 17.8 Å². The highest BCUT2D eigenvalue weighted by Gasteiger charge is 2.56. The zero-order chi connectivity index (χ0) is 52.0. The number of carbonyl (C=O) groups excluding carboxylic acids is 1. The van der Waals surface area contributed by atoms with Crippen molar-refractivity contribution in [2.24, 2.45) is 28.8 Å². The summed E-state index contributed by atoms with van der Waals surface area (Å²) in [6, 6.07) is 1.77. The maximum atomic E-state index is 15.1. The average Bonchev–Trinajstić information content (AvgIpc) is 3.27. The number of hydrogen-bond acceptors (Lipinski definition) is 17. The molecule has 3 saturated heterocycles. The van der Waals surface area contributed by atoms with Crippen molar-refractivity contribution in [3.8, 4) is 6.01 Å². The molecule has 3 aliphatic rings. The van der Waals surface area contributed by atoms with Crippen LogP contribution < -0.4 is 4.84 Å². The first kappa shape index (κ1) is 59.6. The number of rotatable bonds is 16. The summed E-state index contributed by atoms with van der Waals surface area (Å²) < 4.78 is 74.5. The van der Waals surface area contributed by atoms with E-state index in [2.05, 4.69) is 82.1 Å². The molecule has 3 aliphatic heterocycles. The van der Waals surface area contributed by atoms with Gasteiger partial charge in [-0.3, -0.25) is 4.79 Å². The van der Waals surface area contributed by atoms with Crippen LogP contribution in [0.2, 0.25) is 39.3 Å². The first-order valence-electron chi connectivity index (χ1n) is 25.1. The van der Waals surface area contributed by atoms with Crippen molar-refractivity contribution in [1.29, 1.82) is 0 Å². The van der Waals surface area contributed by atoms with Gasteiger partial charge in [0.05, 0.1) is 59.5 Å². The molecule has 19 heteroatoms. The molecule has 0 aromatic carbocycles. The van der Waals surface area contributed by atoms with Gasteiger partial charge in [-0.2, -0.15) is 0 Å². The van der Waals surface area contributed by atoms with Crippen LogP contribution in [0.25, 0.3) is 0 Å². The number of cyclic esters (lactones) is 1. The first-order valence-corrected chi connectivity index (χ1v) is 31.9. The zero-order valence-electron chi connectivity index (χ0n) is 46.3. The average molecular weight is 1010 g/mol. The highest BCUT2D eigenvalue weighted by Crippen LogP contribution is 2.44. The number of oxime groups is 1. The molecule has 398 valence electrons. The molecule has 0 N–H and O–H groups in total. The summed E-state index contributed by atoms with van der Waals surface area (Å²) >= 11 is 0. The number of nitrogens with zero attached hydrogens (tertiary/aromatic N) is 4. The zero-order valence-corrected chi connectivity index (χ0v) is 48.3. The van der Waals surface area contributed by atoms with Gasteiger partial charge in [-0.15, -0.1) is 0 Å². The highest BCUT2D eigenvalue weighted by molar-refractivity contribution is 6.70. The van der Waals surface area contributed by atoms with Crippen molar-refractivity contribution in [3.63, 3.8) is 0 Å². The third kappa shape index (κ3) is 14.6.